The monoisotopic (exact) mass is 259 g/mol. The number of hydrogen-bond donors (Lipinski definition) is 2. The number of H-pyrrole nitrogens is 1. The molecule has 1 aromatic rings. The van der Waals surface area contributed by atoms with Crippen molar-refractivity contribution in [2.75, 3.05) is 5.75 Å². The minimum atomic E-state index is -3.75. The Bertz CT molecular complexity index is 384. The van der Waals surface area contributed by atoms with Crippen LogP contribution in [0.4, 0.5) is 0 Å². The number of rotatable bonds is 9. The van der Waals surface area contributed by atoms with Crippen molar-refractivity contribution >= 4 is 10.1 Å². The fraction of sp³-hybridized carbons (Fsp3) is 0.667. The molecule has 0 radical (unpaired) electrons. The molecule has 5 heteroatoms. The van der Waals surface area contributed by atoms with Gasteiger partial charge in [-0.25, -0.2) is 0 Å². The molecule has 1 aromatic heterocycles. The Morgan fingerprint density at radius 2 is 1.71 bits per heavy atom. The van der Waals surface area contributed by atoms with E-state index < -0.39 is 10.1 Å². The van der Waals surface area contributed by atoms with E-state index in [0.717, 1.165) is 25.7 Å². The molecule has 0 unspecified atom stereocenters. The van der Waals surface area contributed by atoms with E-state index in [2.05, 4.69) is 11.1 Å². The molecule has 0 atom stereocenters. The van der Waals surface area contributed by atoms with Gasteiger partial charge in [0.05, 0.1) is 5.75 Å². The van der Waals surface area contributed by atoms with E-state index in [1.165, 1.54) is 18.4 Å². The summed E-state index contributed by atoms with van der Waals surface area (Å²) in [6, 6.07) is 2.09. The molecule has 1 heterocycles. The Morgan fingerprint density at radius 1 is 1.06 bits per heavy atom. The first kappa shape index (κ1) is 14.3. The number of aromatic nitrogens is 1. The molecular formula is C12H21NO3S. The summed E-state index contributed by atoms with van der Waals surface area (Å²) in [5.74, 6) is -0.101. The summed E-state index contributed by atoms with van der Waals surface area (Å²) in [6.07, 6.45) is 11.0. The maximum Gasteiger partial charge on any atom is 0.264 e. The Kier molecular flexibility index (Phi) is 6.29. The first-order valence-electron chi connectivity index (χ1n) is 6.15. The zero-order valence-electron chi connectivity index (χ0n) is 10.1. The second-order valence-corrected chi connectivity index (χ2v) is 5.95. The SMILES string of the molecule is O=S(=O)(O)CCCCCCCCc1cc[nH]c1. The van der Waals surface area contributed by atoms with Crippen molar-refractivity contribution in [1.29, 1.82) is 0 Å². The van der Waals surface area contributed by atoms with E-state index >= 15 is 0 Å². The van der Waals surface area contributed by atoms with Crippen molar-refractivity contribution in [2.24, 2.45) is 0 Å². The number of hydrogen-bond acceptors (Lipinski definition) is 2. The molecule has 0 bridgehead atoms. The highest BCUT2D eigenvalue weighted by atomic mass is 32.2. The van der Waals surface area contributed by atoms with Crippen LogP contribution in [0, 0.1) is 0 Å². The molecule has 0 spiro atoms. The van der Waals surface area contributed by atoms with Crippen LogP contribution in [0.15, 0.2) is 18.5 Å². The quantitative estimate of drug-likeness (QED) is 0.529. The van der Waals surface area contributed by atoms with Gasteiger partial charge in [-0.15, -0.1) is 0 Å². The van der Waals surface area contributed by atoms with E-state index in [9.17, 15) is 8.42 Å². The summed E-state index contributed by atoms with van der Waals surface area (Å²) in [6.45, 7) is 0. The van der Waals surface area contributed by atoms with Gasteiger partial charge in [-0.1, -0.05) is 25.7 Å². The highest BCUT2D eigenvalue weighted by Gasteiger charge is 2.02. The standard InChI is InChI=1S/C12H21NO3S/c14-17(15,16)10-6-4-2-1-3-5-7-12-8-9-13-11-12/h8-9,11,13H,1-7,10H2,(H,14,15,16). The lowest BCUT2D eigenvalue weighted by molar-refractivity contribution is 0.478. The van der Waals surface area contributed by atoms with Gasteiger partial charge in [0.2, 0.25) is 0 Å². The molecule has 0 aliphatic carbocycles. The summed E-state index contributed by atoms with van der Waals surface area (Å²) in [5, 5.41) is 0. The molecule has 2 N–H and O–H groups in total. The smallest absolute Gasteiger partial charge is 0.264 e. The van der Waals surface area contributed by atoms with Crippen LogP contribution in [0.25, 0.3) is 0 Å². The lowest BCUT2D eigenvalue weighted by Crippen LogP contribution is -2.03. The number of aryl methyl sites for hydroxylation is 1. The van der Waals surface area contributed by atoms with Gasteiger partial charge in [-0.3, -0.25) is 4.55 Å². The molecule has 0 fully saturated rings. The molecule has 1 rings (SSSR count). The molecule has 0 aromatic carbocycles. The van der Waals surface area contributed by atoms with Gasteiger partial charge in [0, 0.05) is 12.4 Å². The first-order chi connectivity index (χ1) is 8.08. The normalized spacial score (nSPS) is 11.8. The fourth-order valence-electron chi connectivity index (χ4n) is 1.83. The van der Waals surface area contributed by atoms with Gasteiger partial charge in [0.15, 0.2) is 0 Å². The number of unbranched alkanes of at least 4 members (excludes halogenated alkanes) is 5. The molecule has 0 aliphatic rings. The van der Waals surface area contributed by atoms with Gasteiger partial charge >= 0.3 is 0 Å². The number of aromatic amines is 1. The predicted octanol–water partition coefficient (Wildman–Crippen LogP) is 2.79. The molecule has 0 saturated heterocycles. The molecular weight excluding hydrogens is 238 g/mol. The third-order valence-corrected chi connectivity index (χ3v) is 3.58. The van der Waals surface area contributed by atoms with E-state index in [-0.39, 0.29) is 5.75 Å². The highest BCUT2D eigenvalue weighted by Crippen LogP contribution is 2.09. The van der Waals surface area contributed by atoms with Gasteiger partial charge in [-0.2, -0.15) is 8.42 Å². The Hall–Kier alpha value is -0.810. The highest BCUT2D eigenvalue weighted by molar-refractivity contribution is 7.85. The van der Waals surface area contributed by atoms with E-state index in [1.807, 2.05) is 12.4 Å². The van der Waals surface area contributed by atoms with E-state index in [4.69, 9.17) is 4.55 Å². The maximum absolute atomic E-state index is 10.5. The molecule has 98 valence electrons. The molecule has 4 nitrogen and oxygen atoms in total. The summed E-state index contributed by atoms with van der Waals surface area (Å²) >= 11 is 0. The van der Waals surface area contributed by atoms with Crippen LogP contribution in [0.5, 0.6) is 0 Å². The average Bonchev–Trinajstić information content (AvgIpc) is 2.73. The molecule has 0 saturated carbocycles. The van der Waals surface area contributed by atoms with Crippen molar-refractivity contribution in [2.45, 2.75) is 44.9 Å². The topological polar surface area (TPSA) is 70.2 Å². The zero-order chi connectivity index (χ0) is 12.6. The van der Waals surface area contributed by atoms with Crippen LogP contribution in [0.2, 0.25) is 0 Å². The summed E-state index contributed by atoms with van der Waals surface area (Å²) in [7, 11) is -3.75. The molecule has 17 heavy (non-hydrogen) atoms. The molecule has 0 amide bonds. The molecule has 0 aliphatic heterocycles. The van der Waals surface area contributed by atoms with Crippen LogP contribution in [-0.4, -0.2) is 23.7 Å². The van der Waals surface area contributed by atoms with Crippen molar-refractivity contribution in [1.82, 2.24) is 4.98 Å². The fourth-order valence-corrected chi connectivity index (χ4v) is 2.40. The van der Waals surface area contributed by atoms with Crippen LogP contribution in [0.1, 0.15) is 44.1 Å². The summed E-state index contributed by atoms with van der Waals surface area (Å²) < 4.78 is 29.4. The Labute approximate surface area is 103 Å². The van der Waals surface area contributed by atoms with Crippen molar-refractivity contribution < 1.29 is 13.0 Å². The van der Waals surface area contributed by atoms with Gasteiger partial charge in [0.1, 0.15) is 0 Å². The lowest BCUT2D eigenvalue weighted by atomic mass is 10.1. The van der Waals surface area contributed by atoms with E-state index in [0.29, 0.717) is 6.42 Å². The zero-order valence-corrected chi connectivity index (χ0v) is 10.9. The van der Waals surface area contributed by atoms with Crippen molar-refractivity contribution in [3.63, 3.8) is 0 Å². The second-order valence-electron chi connectivity index (χ2n) is 4.38. The van der Waals surface area contributed by atoms with Crippen molar-refractivity contribution in [3.8, 4) is 0 Å². The van der Waals surface area contributed by atoms with Gasteiger partial charge in [-0.05, 0) is 30.9 Å². The van der Waals surface area contributed by atoms with Gasteiger partial charge in [0.25, 0.3) is 10.1 Å². The van der Waals surface area contributed by atoms with Crippen LogP contribution in [-0.2, 0) is 16.5 Å². The minimum Gasteiger partial charge on any atom is -0.367 e. The largest absolute Gasteiger partial charge is 0.367 e. The van der Waals surface area contributed by atoms with Crippen LogP contribution < -0.4 is 0 Å². The van der Waals surface area contributed by atoms with Crippen molar-refractivity contribution in [3.05, 3.63) is 24.0 Å². The minimum absolute atomic E-state index is 0.101. The maximum atomic E-state index is 10.5. The third kappa shape index (κ3) is 7.99. The average molecular weight is 259 g/mol. The first-order valence-corrected chi connectivity index (χ1v) is 7.76. The Balaban J connectivity index is 1.88. The van der Waals surface area contributed by atoms with Crippen LogP contribution in [0.3, 0.4) is 0 Å². The summed E-state index contributed by atoms with van der Waals surface area (Å²) in [4.78, 5) is 3.03. The van der Waals surface area contributed by atoms with Crippen LogP contribution >= 0.6 is 0 Å². The van der Waals surface area contributed by atoms with E-state index in [1.54, 1.807) is 0 Å². The number of nitrogens with one attached hydrogen (secondary N) is 1. The second kappa shape index (κ2) is 7.50. The predicted molar refractivity (Wildman–Crippen MR) is 68.6 cm³/mol. The summed E-state index contributed by atoms with van der Waals surface area (Å²) in [5.41, 5.74) is 1.34. The third-order valence-electron chi connectivity index (χ3n) is 2.78. The lowest BCUT2D eigenvalue weighted by Gasteiger charge is -2.00. The van der Waals surface area contributed by atoms with Gasteiger partial charge < -0.3 is 4.98 Å². The Morgan fingerprint density at radius 3 is 2.29 bits per heavy atom.